The highest BCUT2D eigenvalue weighted by molar-refractivity contribution is 5.88. The molecule has 0 aliphatic rings. The van der Waals surface area contributed by atoms with Gasteiger partial charge in [0.1, 0.15) is 12.4 Å². The van der Waals surface area contributed by atoms with Crippen molar-refractivity contribution in [1.82, 2.24) is 0 Å². The van der Waals surface area contributed by atoms with Gasteiger partial charge in [0.15, 0.2) is 0 Å². The first-order valence-corrected chi connectivity index (χ1v) is 4.51. The van der Waals surface area contributed by atoms with E-state index in [4.69, 9.17) is 9.84 Å². The molecule has 0 saturated carbocycles. The van der Waals surface area contributed by atoms with Gasteiger partial charge < -0.3 is 9.84 Å². The van der Waals surface area contributed by atoms with E-state index in [1.165, 1.54) is 6.07 Å². The molecule has 0 fully saturated rings. The van der Waals surface area contributed by atoms with Gasteiger partial charge >= 0.3 is 5.97 Å². The SMILES string of the molecule is CC#CCOc1ccc(C(=O)O)cc1C. The Morgan fingerprint density at radius 1 is 1.53 bits per heavy atom. The van der Waals surface area contributed by atoms with Crippen LogP contribution in [0.15, 0.2) is 18.2 Å². The van der Waals surface area contributed by atoms with Gasteiger partial charge in [0.05, 0.1) is 5.56 Å². The third-order valence-corrected chi connectivity index (χ3v) is 1.90. The van der Waals surface area contributed by atoms with Crippen LogP contribution in [-0.2, 0) is 0 Å². The van der Waals surface area contributed by atoms with Crippen LogP contribution in [0.25, 0.3) is 0 Å². The van der Waals surface area contributed by atoms with E-state index in [-0.39, 0.29) is 5.56 Å². The van der Waals surface area contributed by atoms with Crippen LogP contribution in [0, 0.1) is 18.8 Å². The zero-order valence-electron chi connectivity index (χ0n) is 8.70. The average molecular weight is 204 g/mol. The van der Waals surface area contributed by atoms with Gasteiger partial charge in [-0.25, -0.2) is 4.79 Å². The molecule has 0 bridgehead atoms. The second kappa shape index (κ2) is 5.06. The summed E-state index contributed by atoms with van der Waals surface area (Å²) in [4.78, 5) is 10.7. The molecule has 3 heteroatoms. The lowest BCUT2D eigenvalue weighted by molar-refractivity contribution is 0.0696. The van der Waals surface area contributed by atoms with E-state index in [0.717, 1.165) is 5.56 Å². The number of ether oxygens (including phenoxy) is 1. The maximum Gasteiger partial charge on any atom is 0.335 e. The summed E-state index contributed by atoms with van der Waals surface area (Å²) in [6.07, 6.45) is 0. The van der Waals surface area contributed by atoms with Crippen LogP contribution in [0.4, 0.5) is 0 Å². The molecular formula is C12H12O3. The van der Waals surface area contributed by atoms with E-state index in [1.54, 1.807) is 26.0 Å². The molecule has 0 aliphatic heterocycles. The fourth-order valence-electron chi connectivity index (χ4n) is 1.13. The van der Waals surface area contributed by atoms with Crippen molar-refractivity contribution < 1.29 is 14.6 Å². The third kappa shape index (κ3) is 3.03. The van der Waals surface area contributed by atoms with E-state index in [9.17, 15) is 4.79 Å². The van der Waals surface area contributed by atoms with Crippen molar-refractivity contribution >= 4 is 5.97 Å². The van der Waals surface area contributed by atoms with E-state index < -0.39 is 5.97 Å². The normalized spacial score (nSPS) is 8.93. The van der Waals surface area contributed by atoms with Crippen LogP contribution in [-0.4, -0.2) is 17.7 Å². The molecular weight excluding hydrogens is 192 g/mol. The summed E-state index contributed by atoms with van der Waals surface area (Å²) in [7, 11) is 0. The van der Waals surface area contributed by atoms with Gasteiger partial charge in [-0.05, 0) is 37.6 Å². The van der Waals surface area contributed by atoms with Gasteiger partial charge in [-0.3, -0.25) is 0 Å². The summed E-state index contributed by atoms with van der Waals surface area (Å²) >= 11 is 0. The minimum atomic E-state index is -0.932. The molecule has 0 saturated heterocycles. The average Bonchev–Trinajstić information content (AvgIpc) is 2.20. The van der Waals surface area contributed by atoms with Crippen LogP contribution in [0.3, 0.4) is 0 Å². The largest absolute Gasteiger partial charge is 0.481 e. The molecule has 1 N–H and O–H groups in total. The van der Waals surface area contributed by atoms with Crippen molar-refractivity contribution in [3.63, 3.8) is 0 Å². The molecule has 1 aromatic carbocycles. The lowest BCUT2D eigenvalue weighted by Gasteiger charge is -2.06. The summed E-state index contributed by atoms with van der Waals surface area (Å²) in [6.45, 7) is 3.87. The van der Waals surface area contributed by atoms with Gasteiger partial charge in [0, 0.05) is 0 Å². The molecule has 0 unspecified atom stereocenters. The van der Waals surface area contributed by atoms with Crippen LogP contribution < -0.4 is 4.74 Å². The van der Waals surface area contributed by atoms with E-state index in [2.05, 4.69) is 11.8 Å². The van der Waals surface area contributed by atoms with Crippen LogP contribution in [0.2, 0.25) is 0 Å². The molecule has 3 nitrogen and oxygen atoms in total. The smallest absolute Gasteiger partial charge is 0.335 e. The summed E-state index contributed by atoms with van der Waals surface area (Å²) in [5, 5.41) is 8.75. The van der Waals surface area contributed by atoms with Crippen LogP contribution in [0.5, 0.6) is 5.75 Å². The fourth-order valence-corrected chi connectivity index (χ4v) is 1.13. The Balaban J connectivity index is 2.82. The summed E-state index contributed by atoms with van der Waals surface area (Å²) in [6, 6.07) is 4.75. The number of hydrogen-bond acceptors (Lipinski definition) is 2. The van der Waals surface area contributed by atoms with Gasteiger partial charge in [-0.2, -0.15) is 0 Å². The van der Waals surface area contributed by atoms with Crippen molar-refractivity contribution in [2.45, 2.75) is 13.8 Å². The predicted molar refractivity (Wildman–Crippen MR) is 57.1 cm³/mol. The topological polar surface area (TPSA) is 46.5 Å². The molecule has 15 heavy (non-hydrogen) atoms. The molecule has 0 spiro atoms. The first-order valence-electron chi connectivity index (χ1n) is 4.51. The van der Waals surface area contributed by atoms with Gasteiger partial charge in [-0.1, -0.05) is 5.92 Å². The minimum absolute atomic E-state index is 0.265. The highest BCUT2D eigenvalue weighted by Gasteiger charge is 2.05. The fraction of sp³-hybridized carbons (Fsp3) is 0.250. The summed E-state index contributed by atoms with van der Waals surface area (Å²) < 4.78 is 5.35. The van der Waals surface area contributed by atoms with Crippen molar-refractivity contribution in [2.24, 2.45) is 0 Å². The molecule has 1 aromatic rings. The molecule has 0 aromatic heterocycles. The van der Waals surface area contributed by atoms with Crippen molar-refractivity contribution in [3.05, 3.63) is 29.3 Å². The molecule has 78 valence electrons. The summed E-state index contributed by atoms with van der Waals surface area (Å²) in [5.41, 5.74) is 1.06. The van der Waals surface area contributed by atoms with Crippen molar-refractivity contribution in [2.75, 3.05) is 6.61 Å². The zero-order chi connectivity index (χ0) is 11.3. The lowest BCUT2D eigenvalue weighted by Crippen LogP contribution is -2.00. The molecule has 0 radical (unpaired) electrons. The molecule has 0 amide bonds. The number of rotatable bonds is 3. The molecule has 0 heterocycles. The monoisotopic (exact) mass is 204 g/mol. The highest BCUT2D eigenvalue weighted by Crippen LogP contribution is 2.18. The maximum absolute atomic E-state index is 10.7. The second-order valence-electron chi connectivity index (χ2n) is 3.00. The number of carboxylic acid groups (broad SMARTS) is 1. The van der Waals surface area contributed by atoms with Crippen molar-refractivity contribution in [3.8, 4) is 17.6 Å². The predicted octanol–water partition coefficient (Wildman–Crippen LogP) is 2.10. The quantitative estimate of drug-likeness (QED) is 0.767. The Hall–Kier alpha value is -1.95. The van der Waals surface area contributed by atoms with Crippen LogP contribution in [0.1, 0.15) is 22.8 Å². The maximum atomic E-state index is 10.7. The number of aryl methyl sites for hydroxylation is 1. The standard InChI is InChI=1S/C12H12O3/c1-3-4-7-15-11-6-5-10(12(13)14)8-9(11)2/h5-6,8H,7H2,1-2H3,(H,13,14). The van der Waals surface area contributed by atoms with Gasteiger partial charge in [0.25, 0.3) is 0 Å². The van der Waals surface area contributed by atoms with E-state index >= 15 is 0 Å². The first-order chi connectivity index (χ1) is 7.15. The van der Waals surface area contributed by atoms with E-state index in [1.807, 2.05) is 0 Å². The number of hydrogen-bond donors (Lipinski definition) is 1. The Labute approximate surface area is 88.7 Å². The van der Waals surface area contributed by atoms with Crippen molar-refractivity contribution in [1.29, 1.82) is 0 Å². The number of carbonyl (C=O) groups is 1. The highest BCUT2D eigenvalue weighted by atomic mass is 16.5. The minimum Gasteiger partial charge on any atom is -0.481 e. The Morgan fingerprint density at radius 3 is 2.80 bits per heavy atom. The lowest BCUT2D eigenvalue weighted by atomic mass is 10.1. The Bertz CT molecular complexity index is 424. The zero-order valence-corrected chi connectivity index (χ0v) is 8.70. The molecule has 1 rings (SSSR count). The first kappa shape index (κ1) is 11.1. The molecule has 0 atom stereocenters. The second-order valence-corrected chi connectivity index (χ2v) is 3.00. The van der Waals surface area contributed by atoms with Crippen LogP contribution >= 0.6 is 0 Å². The van der Waals surface area contributed by atoms with Gasteiger partial charge in [0.2, 0.25) is 0 Å². The Kier molecular flexibility index (Phi) is 3.75. The Morgan fingerprint density at radius 2 is 2.27 bits per heavy atom. The third-order valence-electron chi connectivity index (χ3n) is 1.90. The number of benzene rings is 1. The summed E-state index contributed by atoms with van der Waals surface area (Å²) in [5.74, 6) is 5.23. The number of aromatic carboxylic acids is 1. The number of carboxylic acids is 1. The van der Waals surface area contributed by atoms with Gasteiger partial charge in [-0.15, -0.1) is 5.92 Å². The van der Waals surface area contributed by atoms with E-state index in [0.29, 0.717) is 12.4 Å². The molecule has 0 aliphatic carbocycles.